The predicted octanol–water partition coefficient (Wildman–Crippen LogP) is 3.04. The molecule has 2 amide bonds. The first kappa shape index (κ1) is 22.0. The molecular formula is C23H22N6O4S. The van der Waals surface area contributed by atoms with Gasteiger partial charge in [0.05, 0.1) is 12.0 Å². The molecule has 0 unspecified atom stereocenters. The number of furan rings is 2. The molecule has 0 radical (unpaired) electrons. The molecule has 1 aliphatic rings. The number of hydrogen-bond donors (Lipinski definition) is 1. The summed E-state index contributed by atoms with van der Waals surface area (Å²) >= 11 is 1.26. The summed E-state index contributed by atoms with van der Waals surface area (Å²) in [7, 11) is 1.79. The molecule has 3 aromatic heterocycles. The van der Waals surface area contributed by atoms with Gasteiger partial charge in [-0.1, -0.05) is 30.0 Å². The lowest BCUT2D eigenvalue weighted by Gasteiger charge is -2.19. The summed E-state index contributed by atoms with van der Waals surface area (Å²) in [6, 6.07) is 12.9. The quantitative estimate of drug-likeness (QED) is 0.385. The molecular weight excluding hydrogens is 456 g/mol. The van der Waals surface area contributed by atoms with Gasteiger partial charge < -0.3 is 19.1 Å². The monoisotopic (exact) mass is 478 g/mol. The Hall–Kier alpha value is -3.86. The highest BCUT2D eigenvalue weighted by Crippen LogP contribution is 2.35. The van der Waals surface area contributed by atoms with E-state index in [1.165, 1.54) is 16.8 Å². The highest BCUT2D eigenvalue weighted by atomic mass is 32.2. The van der Waals surface area contributed by atoms with E-state index in [0.29, 0.717) is 41.1 Å². The molecule has 1 atom stereocenters. The molecule has 174 valence electrons. The van der Waals surface area contributed by atoms with Crippen molar-refractivity contribution in [3.63, 3.8) is 0 Å². The van der Waals surface area contributed by atoms with Crippen LogP contribution in [0.1, 0.15) is 36.2 Å². The minimum absolute atomic E-state index is 0.107. The second-order valence-electron chi connectivity index (χ2n) is 7.88. The summed E-state index contributed by atoms with van der Waals surface area (Å²) in [6.07, 6.45) is 2.64. The van der Waals surface area contributed by atoms with Gasteiger partial charge in [0.25, 0.3) is 5.91 Å². The fourth-order valence-corrected chi connectivity index (χ4v) is 4.61. The molecule has 11 heteroatoms. The lowest BCUT2D eigenvalue weighted by atomic mass is 10.1. The van der Waals surface area contributed by atoms with Gasteiger partial charge in [0.1, 0.15) is 28.9 Å². The van der Waals surface area contributed by atoms with Crippen LogP contribution in [-0.2, 0) is 23.1 Å². The fraction of sp³-hybridized carbons (Fsp3) is 0.261. The van der Waals surface area contributed by atoms with Gasteiger partial charge in [0.15, 0.2) is 10.9 Å². The van der Waals surface area contributed by atoms with Gasteiger partial charge in [-0.3, -0.25) is 9.59 Å². The third kappa shape index (κ3) is 4.34. The number of nitrogens with zero attached hydrogens (tertiary/aromatic N) is 5. The summed E-state index contributed by atoms with van der Waals surface area (Å²) in [5.41, 5.74) is 6.67. The summed E-state index contributed by atoms with van der Waals surface area (Å²) in [4.78, 5) is 24.3. The number of nitrogens with two attached hydrogens (primary N) is 1. The van der Waals surface area contributed by atoms with Crippen molar-refractivity contribution in [1.29, 1.82) is 0 Å². The lowest BCUT2D eigenvalue weighted by molar-refractivity contribution is -0.130. The Morgan fingerprint density at radius 1 is 1.21 bits per heavy atom. The molecule has 0 saturated carbocycles. The van der Waals surface area contributed by atoms with E-state index in [2.05, 4.69) is 15.3 Å². The molecule has 0 bridgehead atoms. The minimum Gasteiger partial charge on any atom is -0.467 e. The smallest absolute Gasteiger partial charge is 0.253 e. The number of aromatic nitrogens is 3. The van der Waals surface area contributed by atoms with Crippen LogP contribution in [0.5, 0.6) is 0 Å². The summed E-state index contributed by atoms with van der Waals surface area (Å²) in [6.45, 7) is 0. The van der Waals surface area contributed by atoms with E-state index in [-0.39, 0.29) is 24.1 Å². The van der Waals surface area contributed by atoms with E-state index < -0.39 is 5.91 Å². The predicted molar refractivity (Wildman–Crippen MR) is 125 cm³/mol. The number of hydrogen-bond acceptors (Lipinski definition) is 8. The van der Waals surface area contributed by atoms with E-state index in [1.807, 2.05) is 36.4 Å². The first-order valence-electron chi connectivity index (χ1n) is 10.7. The van der Waals surface area contributed by atoms with E-state index in [0.717, 1.165) is 11.0 Å². The molecule has 0 spiro atoms. The Balaban J connectivity index is 1.34. The molecule has 1 aromatic carbocycles. The molecule has 4 heterocycles. The van der Waals surface area contributed by atoms with Gasteiger partial charge in [-0.15, -0.1) is 10.2 Å². The number of aryl methyl sites for hydroxylation is 1. The standard InChI is InChI=1S/C23H22N6O4S/c1-28-21(9-8-20(24)30)25-26-23(28)34-13-22(31)29-16(18-7-4-10-32-18)12-15(27-29)19-11-14-5-2-3-6-17(14)33-19/h2-7,10-11,16H,8-9,12-13H2,1H3,(H2,24,30)/t16-/m0/s1. The number of amides is 2. The van der Waals surface area contributed by atoms with Crippen molar-refractivity contribution >= 4 is 40.3 Å². The van der Waals surface area contributed by atoms with Crippen molar-refractivity contribution in [2.24, 2.45) is 17.9 Å². The summed E-state index contributed by atoms with van der Waals surface area (Å²) < 4.78 is 13.3. The van der Waals surface area contributed by atoms with Crippen molar-refractivity contribution in [2.45, 2.75) is 30.5 Å². The molecule has 10 nitrogen and oxygen atoms in total. The van der Waals surface area contributed by atoms with Crippen LogP contribution >= 0.6 is 11.8 Å². The zero-order chi connectivity index (χ0) is 23.7. The highest BCUT2D eigenvalue weighted by molar-refractivity contribution is 7.99. The van der Waals surface area contributed by atoms with Gasteiger partial charge in [0, 0.05) is 31.7 Å². The maximum Gasteiger partial charge on any atom is 0.253 e. The Morgan fingerprint density at radius 3 is 2.82 bits per heavy atom. The second-order valence-corrected chi connectivity index (χ2v) is 8.82. The first-order valence-corrected chi connectivity index (χ1v) is 11.7. The highest BCUT2D eigenvalue weighted by Gasteiger charge is 2.36. The van der Waals surface area contributed by atoms with Crippen molar-refractivity contribution in [3.8, 4) is 0 Å². The number of hydrazone groups is 1. The summed E-state index contributed by atoms with van der Waals surface area (Å²) in [5, 5.41) is 15.9. The van der Waals surface area contributed by atoms with Crippen molar-refractivity contribution in [1.82, 2.24) is 19.8 Å². The van der Waals surface area contributed by atoms with Crippen LogP contribution in [0.4, 0.5) is 0 Å². The maximum atomic E-state index is 13.2. The first-order chi connectivity index (χ1) is 16.5. The average molecular weight is 479 g/mol. The number of carbonyl (C=O) groups excluding carboxylic acids is 2. The Bertz CT molecular complexity index is 1340. The van der Waals surface area contributed by atoms with Crippen LogP contribution in [0, 0.1) is 0 Å². The van der Waals surface area contributed by atoms with E-state index >= 15 is 0 Å². The Labute approximate surface area is 198 Å². The largest absolute Gasteiger partial charge is 0.467 e. The van der Waals surface area contributed by atoms with E-state index in [4.69, 9.17) is 14.6 Å². The molecule has 2 N–H and O–H groups in total. The topological polar surface area (TPSA) is 133 Å². The fourth-order valence-electron chi connectivity index (χ4n) is 3.83. The third-order valence-electron chi connectivity index (χ3n) is 5.59. The van der Waals surface area contributed by atoms with Crippen molar-refractivity contribution < 1.29 is 18.4 Å². The minimum atomic E-state index is -0.400. The normalized spacial score (nSPS) is 15.7. The van der Waals surface area contributed by atoms with Crippen LogP contribution in [0.25, 0.3) is 11.0 Å². The number of primary amides is 1. The Morgan fingerprint density at radius 2 is 2.06 bits per heavy atom. The number of benzene rings is 1. The summed E-state index contributed by atoms with van der Waals surface area (Å²) in [5.74, 6) is 1.43. The number of thioether (sulfide) groups is 1. The van der Waals surface area contributed by atoms with Gasteiger partial charge in [-0.05, 0) is 24.3 Å². The molecule has 4 aromatic rings. The van der Waals surface area contributed by atoms with Gasteiger partial charge >= 0.3 is 0 Å². The molecule has 34 heavy (non-hydrogen) atoms. The number of carbonyl (C=O) groups is 2. The molecule has 1 aliphatic heterocycles. The SMILES string of the molecule is Cn1c(CCC(N)=O)nnc1SCC(=O)N1N=C(c2cc3ccccc3o2)C[C@H]1c1ccco1. The van der Waals surface area contributed by atoms with Crippen LogP contribution in [-0.4, -0.2) is 43.1 Å². The van der Waals surface area contributed by atoms with Crippen molar-refractivity contribution in [2.75, 3.05) is 5.75 Å². The van der Waals surface area contributed by atoms with Crippen LogP contribution < -0.4 is 5.73 Å². The molecule has 0 fully saturated rings. The Kier molecular flexibility index (Phi) is 5.93. The number of para-hydroxylation sites is 1. The number of rotatable bonds is 8. The van der Waals surface area contributed by atoms with E-state index in [1.54, 1.807) is 23.9 Å². The zero-order valence-electron chi connectivity index (χ0n) is 18.4. The molecule has 0 saturated heterocycles. The van der Waals surface area contributed by atoms with Gasteiger partial charge in [-0.25, -0.2) is 5.01 Å². The van der Waals surface area contributed by atoms with Crippen molar-refractivity contribution in [3.05, 3.63) is 66.1 Å². The lowest BCUT2D eigenvalue weighted by Crippen LogP contribution is -2.28. The maximum absolute atomic E-state index is 13.2. The second kappa shape index (κ2) is 9.18. The van der Waals surface area contributed by atoms with Crippen LogP contribution in [0.3, 0.4) is 0 Å². The third-order valence-corrected chi connectivity index (χ3v) is 6.60. The van der Waals surface area contributed by atoms with E-state index in [9.17, 15) is 9.59 Å². The zero-order valence-corrected chi connectivity index (χ0v) is 19.2. The molecule has 0 aliphatic carbocycles. The average Bonchev–Trinajstić information content (AvgIpc) is 3.62. The number of fused-ring (bicyclic) bond motifs is 1. The molecule has 5 rings (SSSR count). The van der Waals surface area contributed by atoms with Gasteiger partial charge in [0.2, 0.25) is 5.91 Å². The van der Waals surface area contributed by atoms with Crippen LogP contribution in [0.2, 0.25) is 0 Å². The van der Waals surface area contributed by atoms with Crippen LogP contribution in [0.15, 0.2) is 67.8 Å². The van der Waals surface area contributed by atoms with Gasteiger partial charge in [-0.2, -0.15) is 5.10 Å².